The molecule has 1 rings (SSSR count). The molecule has 1 aromatic rings. The van der Waals surface area contributed by atoms with Crippen molar-refractivity contribution in [3.05, 3.63) is 45.6 Å². The topological polar surface area (TPSA) is 17.1 Å². The molecule has 1 heteroatoms. The molecule has 1 aromatic carbocycles. The Kier molecular flexibility index (Phi) is 3.27. The largest absolute Gasteiger partial charge is 0.289 e. The highest BCUT2D eigenvalue weighted by molar-refractivity contribution is 5.31. The molecule has 0 radical (unpaired) electrons. The summed E-state index contributed by atoms with van der Waals surface area (Å²) in [5.41, 5.74) is 1.77. The minimum atomic E-state index is -0.101. The van der Waals surface area contributed by atoms with Crippen molar-refractivity contribution in [3.8, 4) is 0 Å². The second-order valence-corrected chi connectivity index (χ2v) is 6.37. The van der Waals surface area contributed by atoms with Crippen LogP contribution >= 0.6 is 0 Å². The Morgan fingerprint density at radius 3 is 1.31 bits per heavy atom. The van der Waals surface area contributed by atoms with E-state index in [1.807, 2.05) is 24.3 Å². The van der Waals surface area contributed by atoms with Gasteiger partial charge in [0, 0.05) is 11.1 Å². The van der Waals surface area contributed by atoms with Crippen LogP contribution in [-0.2, 0) is 10.8 Å². The van der Waals surface area contributed by atoms with Crippen molar-refractivity contribution in [1.82, 2.24) is 0 Å². The monoisotopic (exact) mass is 218 g/mol. The van der Waals surface area contributed by atoms with E-state index in [-0.39, 0.29) is 16.3 Å². The Balaban J connectivity index is 3.60. The van der Waals surface area contributed by atoms with Crippen molar-refractivity contribution in [2.45, 2.75) is 52.4 Å². The third-order valence-corrected chi connectivity index (χ3v) is 2.74. The number of hydrogen-bond acceptors (Lipinski definition) is 1. The number of hydrogen-bond donors (Lipinski definition) is 0. The van der Waals surface area contributed by atoms with Gasteiger partial charge in [0.1, 0.15) is 0 Å². The van der Waals surface area contributed by atoms with Gasteiger partial charge in [-0.3, -0.25) is 4.79 Å². The lowest BCUT2D eigenvalue weighted by Crippen LogP contribution is -2.28. The summed E-state index contributed by atoms with van der Waals surface area (Å²) in [5, 5.41) is 0. The van der Waals surface area contributed by atoms with Crippen molar-refractivity contribution in [2.24, 2.45) is 0 Å². The van der Waals surface area contributed by atoms with E-state index < -0.39 is 0 Å². The van der Waals surface area contributed by atoms with Crippen molar-refractivity contribution < 1.29 is 0 Å². The van der Waals surface area contributed by atoms with Gasteiger partial charge in [0.25, 0.3) is 0 Å². The highest BCUT2D eigenvalue weighted by Gasteiger charge is 2.22. The molecule has 0 N–H and O–H groups in total. The van der Waals surface area contributed by atoms with Crippen LogP contribution in [0.3, 0.4) is 0 Å². The van der Waals surface area contributed by atoms with E-state index in [0.29, 0.717) is 0 Å². The Hall–Kier alpha value is -1.11. The van der Waals surface area contributed by atoms with Gasteiger partial charge in [-0.2, -0.15) is 0 Å². The van der Waals surface area contributed by atoms with Crippen molar-refractivity contribution in [1.29, 1.82) is 0 Å². The van der Waals surface area contributed by atoms with Crippen LogP contribution in [0.15, 0.2) is 29.1 Å². The molecular weight excluding hydrogens is 196 g/mol. The molecule has 0 unspecified atom stereocenters. The van der Waals surface area contributed by atoms with Crippen LogP contribution in [-0.4, -0.2) is 0 Å². The average molecular weight is 218 g/mol. The summed E-state index contributed by atoms with van der Waals surface area (Å²) in [6.45, 7) is 12.5. The lowest BCUT2D eigenvalue weighted by molar-refractivity contribution is 0.563. The van der Waals surface area contributed by atoms with Crippen molar-refractivity contribution in [3.63, 3.8) is 0 Å². The second-order valence-electron chi connectivity index (χ2n) is 6.37. The zero-order chi connectivity index (χ0) is 12.6. The van der Waals surface area contributed by atoms with E-state index in [0.717, 1.165) is 11.1 Å². The molecule has 0 bridgehead atoms. The first-order valence-electron chi connectivity index (χ1n) is 5.78. The van der Waals surface area contributed by atoms with Gasteiger partial charge in [-0.25, -0.2) is 0 Å². The Bertz CT molecular complexity index is 391. The van der Waals surface area contributed by atoms with Crippen LogP contribution < -0.4 is 5.43 Å². The molecule has 0 saturated heterocycles. The fraction of sp³-hybridized carbons (Fsp3) is 0.533. The van der Waals surface area contributed by atoms with Crippen LogP contribution in [0.25, 0.3) is 0 Å². The highest BCUT2D eigenvalue weighted by atomic mass is 16.1. The van der Waals surface area contributed by atoms with Gasteiger partial charge < -0.3 is 0 Å². The summed E-state index contributed by atoms with van der Waals surface area (Å²) >= 11 is 0. The zero-order valence-electron chi connectivity index (χ0n) is 11.2. The van der Waals surface area contributed by atoms with Crippen LogP contribution in [0.2, 0.25) is 0 Å². The summed E-state index contributed by atoms with van der Waals surface area (Å²) in [6, 6.07) is 7.80. The van der Waals surface area contributed by atoms with E-state index >= 15 is 0 Å². The van der Waals surface area contributed by atoms with Crippen LogP contribution in [0.5, 0.6) is 0 Å². The summed E-state index contributed by atoms with van der Waals surface area (Å²) in [5.74, 6) is 0. The molecule has 0 aliphatic rings. The maximum Gasteiger partial charge on any atom is 0.186 e. The Morgan fingerprint density at radius 2 is 1.06 bits per heavy atom. The predicted molar refractivity (Wildman–Crippen MR) is 70.1 cm³/mol. The summed E-state index contributed by atoms with van der Waals surface area (Å²) in [7, 11) is 0. The second kappa shape index (κ2) is 4.04. The first kappa shape index (κ1) is 13.0. The molecule has 0 spiro atoms. The predicted octanol–water partition coefficient (Wildman–Crippen LogP) is 3.64. The smallest absolute Gasteiger partial charge is 0.186 e. The molecule has 0 aliphatic heterocycles. The van der Waals surface area contributed by atoms with Gasteiger partial charge in [0.05, 0.1) is 0 Å². The van der Waals surface area contributed by atoms with Gasteiger partial charge >= 0.3 is 0 Å². The molecule has 0 aromatic heterocycles. The summed E-state index contributed by atoms with van der Waals surface area (Å²) < 4.78 is 0. The normalized spacial score (nSPS) is 12.6. The fourth-order valence-electron chi connectivity index (χ4n) is 1.78. The molecule has 16 heavy (non-hydrogen) atoms. The molecule has 0 amide bonds. The summed E-state index contributed by atoms with van der Waals surface area (Å²) in [4.78, 5) is 12.5. The van der Waals surface area contributed by atoms with E-state index in [9.17, 15) is 4.79 Å². The highest BCUT2D eigenvalue weighted by Crippen LogP contribution is 2.22. The molecule has 0 atom stereocenters. The molecule has 88 valence electrons. The lowest BCUT2D eigenvalue weighted by Gasteiger charge is -2.21. The number of rotatable bonds is 0. The van der Waals surface area contributed by atoms with E-state index in [1.54, 1.807) is 0 Å². The fourth-order valence-corrected chi connectivity index (χ4v) is 1.78. The maximum absolute atomic E-state index is 12.5. The molecular formula is C15H22O. The van der Waals surface area contributed by atoms with E-state index in [4.69, 9.17) is 0 Å². The zero-order valence-corrected chi connectivity index (χ0v) is 11.2. The third-order valence-electron chi connectivity index (χ3n) is 2.74. The van der Waals surface area contributed by atoms with Crippen LogP contribution in [0.4, 0.5) is 0 Å². The molecule has 0 fully saturated rings. The van der Waals surface area contributed by atoms with Gasteiger partial charge in [-0.15, -0.1) is 0 Å². The minimum absolute atomic E-state index is 0.101. The molecule has 0 saturated carbocycles. The van der Waals surface area contributed by atoms with Crippen LogP contribution in [0, 0.1) is 0 Å². The Labute approximate surface area is 98.5 Å². The molecule has 1 nitrogen and oxygen atoms in total. The minimum Gasteiger partial charge on any atom is -0.289 e. The lowest BCUT2D eigenvalue weighted by atomic mass is 9.82. The molecule has 0 aliphatic carbocycles. The third kappa shape index (κ3) is 2.72. The average Bonchev–Trinajstić information content (AvgIpc) is 2.23. The standard InChI is InChI=1S/C15H22O/c1-14(2,3)11-9-7-8-10-12(13(11)16)15(4,5)6/h7-10H,1-6H3. The first-order valence-corrected chi connectivity index (χ1v) is 5.78. The van der Waals surface area contributed by atoms with Gasteiger partial charge in [0.15, 0.2) is 5.43 Å². The van der Waals surface area contributed by atoms with Gasteiger partial charge in [-0.1, -0.05) is 65.8 Å². The quantitative estimate of drug-likeness (QED) is 0.649. The molecule has 0 heterocycles. The summed E-state index contributed by atoms with van der Waals surface area (Å²) in [6.07, 6.45) is 0. The van der Waals surface area contributed by atoms with E-state index in [2.05, 4.69) is 41.5 Å². The van der Waals surface area contributed by atoms with Crippen molar-refractivity contribution >= 4 is 0 Å². The Morgan fingerprint density at radius 1 is 0.750 bits per heavy atom. The van der Waals surface area contributed by atoms with Gasteiger partial charge in [-0.05, 0) is 10.8 Å². The van der Waals surface area contributed by atoms with Gasteiger partial charge in [0.2, 0.25) is 0 Å². The van der Waals surface area contributed by atoms with Crippen LogP contribution in [0.1, 0.15) is 52.7 Å². The SMILES string of the molecule is CC(C)(C)c1ccccc(C(C)(C)C)c1=O. The van der Waals surface area contributed by atoms with E-state index in [1.165, 1.54) is 0 Å². The first-order chi connectivity index (χ1) is 7.14. The van der Waals surface area contributed by atoms with Crippen molar-refractivity contribution in [2.75, 3.05) is 0 Å². The maximum atomic E-state index is 12.5.